The second-order valence-corrected chi connectivity index (χ2v) is 10.1. The number of aliphatic imine (C=N–C) groups is 1. The van der Waals surface area contributed by atoms with Gasteiger partial charge in [0.05, 0.1) is 25.5 Å². The van der Waals surface area contributed by atoms with Crippen LogP contribution in [-0.2, 0) is 11.2 Å². The van der Waals surface area contributed by atoms with Gasteiger partial charge in [0.15, 0.2) is 11.5 Å². The van der Waals surface area contributed by atoms with Crippen LogP contribution in [0.1, 0.15) is 11.1 Å². The molecule has 2 aliphatic rings. The number of amidine groups is 1. The third kappa shape index (κ3) is 7.49. The van der Waals surface area contributed by atoms with Gasteiger partial charge in [0.2, 0.25) is 0 Å². The highest BCUT2D eigenvalue weighted by molar-refractivity contribution is 7.99. The van der Waals surface area contributed by atoms with Crippen molar-refractivity contribution in [3.63, 3.8) is 0 Å². The van der Waals surface area contributed by atoms with Gasteiger partial charge in [0, 0.05) is 48.1 Å². The summed E-state index contributed by atoms with van der Waals surface area (Å²) in [5.41, 5.74) is 8.51. The Morgan fingerprint density at radius 1 is 0.868 bits per heavy atom. The first kappa shape index (κ1) is 27.9. The summed E-state index contributed by atoms with van der Waals surface area (Å²) < 4.78 is 5.40. The molecule has 0 bridgehead atoms. The molecule has 0 saturated carbocycles. The van der Waals surface area contributed by atoms with Crippen LogP contribution >= 0.6 is 11.8 Å². The van der Waals surface area contributed by atoms with Crippen LogP contribution in [0.3, 0.4) is 0 Å². The number of piperazine rings is 1. The van der Waals surface area contributed by atoms with E-state index in [1.165, 1.54) is 27.5 Å². The molecule has 0 spiro atoms. The van der Waals surface area contributed by atoms with E-state index in [1.807, 2.05) is 0 Å². The van der Waals surface area contributed by atoms with Crippen molar-refractivity contribution in [2.75, 3.05) is 59.1 Å². The number of rotatable bonds is 7. The second kappa shape index (κ2) is 14.2. The molecule has 1 saturated heterocycles. The van der Waals surface area contributed by atoms with Crippen LogP contribution in [0.4, 0.5) is 5.69 Å². The number of benzene rings is 3. The Morgan fingerprint density at radius 3 is 2.34 bits per heavy atom. The SMILES string of the molecule is NCCc1ccc(O)c(O)c1.OCCOCCN1CCN(C2=Nc3ccccc3Sc3ccccc32)CC1. The maximum Gasteiger partial charge on any atom is 0.157 e. The molecule has 0 aliphatic carbocycles. The lowest BCUT2D eigenvalue weighted by Gasteiger charge is -2.36. The number of aliphatic hydroxyl groups is 1. The van der Waals surface area contributed by atoms with Gasteiger partial charge in [-0.25, -0.2) is 4.99 Å². The van der Waals surface area contributed by atoms with Gasteiger partial charge in [-0.1, -0.05) is 48.2 Å². The molecule has 2 heterocycles. The van der Waals surface area contributed by atoms with Gasteiger partial charge in [-0.15, -0.1) is 0 Å². The van der Waals surface area contributed by atoms with Gasteiger partial charge < -0.3 is 30.7 Å². The summed E-state index contributed by atoms with van der Waals surface area (Å²) in [5.74, 6) is 0.904. The van der Waals surface area contributed by atoms with Crippen molar-refractivity contribution < 1.29 is 20.1 Å². The lowest BCUT2D eigenvalue weighted by Crippen LogP contribution is -2.49. The Kier molecular flexibility index (Phi) is 10.4. The van der Waals surface area contributed by atoms with Crippen molar-refractivity contribution >= 4 is 23.3 Å². The summed E-state index contributed by atoms with van der Waals surface area (Å²) in [6.45, 7) is 6.56. The van der Waals surface area contributed by atoms with E-state index in [4.69, 9.17) is 30.8 Å². The zero-order valence-corrected chi connectivity index (χ0v) is 22.3. The van der Waals surface area contributed by atoms with Crippen LogP contribution in [0.5, 0.6) is 11.5 Å². The molecule has 0 radical (unpaired) electrons. The van der Waals surface area contributed by atoms with E-state index in [0.29, 0.717) is 26.2 Å². The predicted octanol–water partition coefficient (Wildman–Crippen LogP) is 3.46. The second-order valence-electron chi connectivity index (χ2n) is 9.03. The van der Waals surface area contributed by atoms with Crippen LogP contribution in [0.25, 0.3) is 0 Å². The average molecular weight is 537 g/mol. The minimum absolute atomic E-state index is 0.0871. The first-order valence-electron chi connectivity index (χ1n) is 12.9. The van der Waals surface area contributed by atoms with Crippen molar-refractivity contribution in [1.29, 1.82) is 0 Å². The highest BCUT2D eigenvalue weighted by Gasteiger charge is 2.25. The van der Waals surface area contributed by atoms with Crippen LogP contribution in [-0.4, -0.2) is 90.0 Å². The number of aromatic hydroxyl groups is 2. The number of fused-ring (bicyclic) bond motifs is 2. The smallest absolute Gasteiger partial charge is 0.157 e. The summed E-state index contributed by atoms with van der Waals surface area (Å²) in [7, 11) is 0. The number of nitrogens with zero attached hydrogens (tertiary/aromatic N) is 3. The number of para-hydroxylation sites is 1. The Balaban J connectivity index is 0.000000257. The molecule has 38 heavy (non-hydrogen) atoms. The van der Waals surface area contributed by atoms with E-state index in [0.717, 1.165) is 49.8 Å². The highest BCUT2D eigenvalue weighted by Crippen LogP contribution is 2.40. The molecule has 5 N–H and O–H groups in total. The van der Waals surface area contributed by atoms with Gasteiger partial charge in [0.1, 0.15) is 5.84 Å². The molecule has 9 heteroatoms. The molecule has 202 valence electrons. The van der Waals surface area contributed by atoms with Crippen molar-refractivity contribution in [2.45, 2.75) is 16.2 Å². The molecular formula is C29H36N4O4S. The fraction of sp³-hybridized carbons (Fsp3) is 0.345. The normalized spacial score (nSPS) is 15.0. The summed E-state index contributed by atoms with van der Waals surface area (Å²) >= 11 is 1.80. The molecule has 0 unspecified atom stereocenters. The Morgan fingerprint density at radius 2 is 1.61 bits per heavy atom. The minimum Gasteiger partial charge on any atom is -0.504 e. The van der Waals surface area contributed by atoms with Crippen molar-refractivity contribution in [3.05, 3.63) is 77.9 Å². The van der Waals surface area contributed by atoms with Gasteiger partial charge in [-0.2, -0.15) is 0 Å². The van der Waals surface area contributed by atoms with E-state index in [-0.39, 0.29) is 18.1 Å². The molecule has 3 aromatic carbocycles. The Labute approximate surface area is 228 Å². The molecule has 3 aromatic rings. The van der Waals surface area contributed by atoms with E-state index in [9.17, 15) is 0 Å². The minimum atomic E-state index is -0.0919. The lowest BCUT2D eigenvalue weighted by atomic mass is 10.1. The summed E-state index contributed by atoms with van der Waals surface area (Å²) in [6, 6.07) is 21.7. The van der Waals surface area contributed by atoms with E-state index >= 15 is 0 Å². The molecule has 2 aliphatic heterocycles. The first-order valence-corrected chi connectivity index (χ1v) is 13.7. The Hall–Kier alpha value is -3.08. The zero-order valence-electron chi connectivity index (χ0n) is 21.5. The largest absolute Gasteiger partial charge is 0.504 e. The monoisotopic (exact) mass is 536 g/mol. The molecule has 0 atom stereocenters. The van der Waals surface area contributed by atoms with E-state index < -0.39 is 0 Å². The van der Waals surface area contributed by atoms with Gasteiger partial charge in [-0.3, -0.25) is 4.90 Å². The van der Waals surface area contributed by atoms with Crippen LogP contribution < -0.4 is 5.73 Å². The standard InChI is InChI=1S/C21H25N3O2S.C8H11NO2/c25-14-16-26-15-13-23-9-11-24(12-10-23)21-17-5-1-3-7-19(17)27-20-8-4-2-6-18(20)22-21;9-4-3-6-1-2-7(10)8(11)5-6/h1-8,25H,9-16H2;1-2,5,10-11H,3-4,9H2. The predicted molar refractivity (Wildman–Crippen MR) is 152 cm³/mol. The third-order valence-corrected chi connectivity index (χ3v) is 7.51. The van der Waals surface area contributed by atoms with Crippen molar-refractivity contribution in [2.24, 2.45) is 10.7 Å². The Bertz CT molecular complexity index is 1210. The van der Waals surface area contributed by atoms with E-state index in [2.05, 4.69) is 58.3 Å². The molecular weight excluding hydrogens is 500 g/mol. The summed E-state index contributed by atoms with van der Waals surface area (Å²) in [6.07, 6.45) is 0.716. The number of phenolic OH excluding ortho intramolecular Hbond substituents is 2. The molecule has 0 aromatic heterocycles. The molecule has 0 amide bonds. The highest BCUT2D eigenvalue weighted by atomic mass is 32.2. The van der Waals surface area contributed by atoms with Gasteiger partial charge in [0.25, 0.3) is 0 Å². The average Bonchev–Trinajstić information content (AvgIpc) is 3.11. The third-order valence-electron chi connectivity index (χ3n) is 6.37. The maximum absolute atomic E-state index is 9.04. The topological polar surface area (TPSA) is 115 Å². The number of ether oxygens (including phenoxy) is 1. The number of aliphatic hydroxyl groups excluding tert-OH is 1. The van der Waals surface area contributed by atoms with Crippen LogP contribution in [0.2, 0.25) is 0 Å². The first-order chi connectivity index (χ1) is 18.6. The lowest BCUT2D eigenvalue weighted by molar-refractivity contribution is 0.0652. The van der Waals surface area contributed by atoms with Gasteiger partial charge >= 0.3 is 0 Å². The van der Waals surface area contributed by atoms with Crippen molar-refractivity contribution in [1.82, 2.24) is 9.80 Å². The maximum atomic E-state index is 9.04. The van der Waals surface area contributed by atoms with E-state index in [1.54, 1.807) is 17.8 Å². The number of nitrogens with two attached hydrogens (primary N) is 1. The fourth-order valence-corrected chi connectivity index (χ4v) is 5.36. The fourth-order valence-electron chi connectivity index (χ4n) is 4.34. The van der Waals surface area contributed by atoms with Gasteiger partial charge in [-0.05, 0) is 48.9 Å². The van der Waals surface area contributed by atoms with Crippen LogP contribution in [0, 0.1) is 0 Å². The molecule has 8 nitrogen and oxygen atoms in total. The number of phenols is 2. The summed E-state index contributed by atoms with van der Waals surface area (Å²) in [5, 5.41) is 26.8. The van der Waals surface area contributed by atoms with Crippen LogP contribution in [0.15, 0.2) is 81.5 Å². The van der Waals surface area contributed by atoms with Crippen molar-refractivity contribution in [3.8, 4) is 11.5 Å². The number of hydrogen-bond acceptors (Lipinski definition) is 9. The quantitative estimate of drug-likeness (QED) is 0.268. The zero-order chi connectivity index (χ0) is 26.7. The summed E-state index contributed by atoms with van der Waals surface area (Å²) in [4.78, 5) is 12.4. The molecule has 5 rings (SSSR count). The number of hydrogen-bond donors (Lipinski definition) is 4. The molecule has 1 fully saturated rings.